The first kappa shape index (κ1) is 21.3. The Labute approximate surface area is 137 Å². The standard InChI is InChI=1S/C17H33FN2.C2H4/c1-3-10-16(18)11-6-4-5-9-14-19-15-20-17(2)12-7-8-13-17;1-2/h7-8,16,19-20H,3-6,9-15H2,1-2H3;1-2H2. The smallest absolute Gasteiger partial charge is 0.100 e. The zero-order valence-electron chi connectivity index (χ0n) is 14.8. The molecule has 0 aliphatic heterocycles. The van der Waals surface area contributed by atoms with Gasteiger partial charge in [-0.05, 0) is 45.6 Å². The highest BCUT2D eigenvalue weighted by Crippen LogP contribution is 2.21. The minimum absolute atomic E-state index is 0.266. The molecule has 1 rings (SSSR count). The Morgan fingerprint density at radius 2 is 1.73 bits per heavy atom. The first-order valence-electron chi connectivity index (χ1n) is 8.91. The van der Waals surface area contributed by atoms with Gasteiger partial charge in [0.25, 0.3) is 0 Å². The van der Waals surface area contributed by atoms with Gasteiger partial charge in [0.05, 0.1) is 0 Å². The predicted molar refractivity (Wildman–Crippen MR) is 96.9 cm³/mol. The Bertz CT molecular complexity index is 271. The molecule has 0 saturated carbocycles. The molecule has 130 valence electrons. The molecule has 0 spiro atoms. The van der Waals surface area contributed by atoms with Crippen molar-refractivity contribution < 1.29 is 4.39 Å². The van der Waals surface area contributed by atoms with Crippen molar-refractivity contribution in [2.45, 2.75) is 83.3 Å². The van der Waals surface area contributed by atoms with Crippen LogP contribution >= 0.6 is 0 Å². The van der Waals surface area contributed by atoms with Crippen molar-refractivity contribution in [3.05, 3.63) is 25.3 Å². The largest absolute Gasteiger partial charge is 0.304 e. The van der Waals surface area contributed by atoms with Crippen LogP contribution in [-0.4, -0.2) is 24.9 Å². The molecule has 22 heavy (non-hydrogen) atoms. The lowest BCUT2D eigenvalue weighted by molar-refractivity contribution is 0.285. The lowest BCUT2D eigenvalue weighted by atomic mass is 10.0. The minimum Gasteiger partial charge on any atom is -0.304 e. The first-order chi connectivity index (χ1) is 10.7. The molecule has 0 fully saturated rings. The highest BCUT2D eigenvalue weighted by Gasteiger charge is 2.23. The quantitative estimate of drug-likeness (QED) is 0.297. The summed E-state index contributed by atoms with van der Waals surface area (Å²) in [4.78, 5) is 0. The summed E-state index contributed by atoms with van der Waals surface area (Å²) in [6.07, 6.45) is 13.3. The summed E-state index contributed by atoms with van der Waals surface area (Å²) in [5.74, 6) is 0. The molecule has 1 aliphatic carbocycles. The number of alkyl halides is 1. The molecule has 2 nitrogen and oxygen atoms in total. The van der Waals surface area contributed by atoms with Crippen LogP contribution in [0.2, 0.25) is 0 Å². The van der Waals surface area contributed by atoms with E-state index in [4.69, 9.17) is 0 Å². The molecule has 0 radical (unpaired) electrons. The van der Waals surface area contributed by atoms with E-state index in [1.165, 1.54) is 19.3 Å². The molecular weight excluding hydrogens is 275 g/mol. The van der Waals surface area contributed by atoms with E-state index < -0.39 is 6.17 Å². The Balaban J connectivity index is 0.00000211. The zero-order chi connectivity index (χ0) is 16.7. The van der Waals surface area contributed by atoms with Crippen LogP contribution in [0, 0.1) is 0 Å². The third-order valence-electron chi connectivity index (χ3n) is 4.17. The van der Waals surface area contributed by atoms with Crippen LogP contribution in [0.5, 0.6) is 0 Å². The van der Waals surface area contributed by atoms with Gasteiger partial charge in [0, 0.05) is 12.2 Å². The monoisotopic (exact) mass is 312 g/mol. The topological polar surface area (TPSA) is 24.1 Å². The second-order valence-corrected chi connectivity index (χ2v) is 6.38. The molecule has 0 bridgehead atoms. The third kappa shape index (κ3) is 11.0. The van der Waals surface area contributed by atoms with Crippen molar-refractivity contribution in [1.82, 2.24) is 10.6 Å². The van der Waals surface area contributed by atoms with Crippen molar-refractivity contribution in [3.63, 3.8) is 0 Å². The molecule has 0 aromatic rings. The highest BCUT2D eigenvalue weighted by atomic mass is 19.1. The Morgan fingerprint density at radius 1 is 1.09 bits per heavy atom. The van der Waals surface area contributed by atoms with Gasteiger partial charge in [-0.3, -0.25) is 5.32 Å². The lowest BCUT2D eigenvalue weighted by Gasteiger charge is -2.25. The summed E-state index contributed by atoms with van der Waals surface area (Å²) in [5, 5.41) is 7.01. The van der Waals surface area contributed by atoms with Gasteiger partial charge in [-0.2, -0.15) is 0 Å². The van der Waals surface area contributed by atoms with Crippen molar-refractivity contribution in [3.8, 4) is 0 Å². The molecule has 1 unspecified atom stereocenters. The molecule has 3 heteroatoms. The van der Waals surface area contributed by atoms with Gasteiger partial charge in [-0.1, -0.05) is 44.8 Å². The fourth-order valence-electron chi connectivity index (χ4n) is 2.71. The van der Waals surface area contributed by atoms with Crippen LogP contribution in [-0.2, 0) is 0 Å². The second kappa shape index (κ2) is 14.0. The Hall–Kier alpha value is -0.670. The number of halogens is 1. The molecule has 0 aromatic carbocycles. The molecule has 0 aromatic heterocycles. The van der Waals surface area contributed by atoms with Gasteiger partial charge in [-0.15, -0.1) is 13.2 Å². The van der Waals surface area contributed by atoms with Gasteiger partial charge in [-0.25, -0.2) is 4.39 Å². The number of hydrogen-bond donors (Lipinski definition) is 2. The van der Waals surface area contributed by atoms with Gasteiger partial charge in [0.15, 0.2) is 0 Å². The van der Waals surface area contributed by atoms with Gasteiger partial charge in [0.2, 0.25) is 0 Å². The van der Waals surface area contributed by atoms with Gasteiger partial charge < -0.3 is 5.32 Å². The molecule has 0 amide bonds. The number of rotatable bonds is 12. The van der Waals surface area contributed by atoms with E-state index >= 15 is 0 Å². The summed E-state index contributed by atoms with van der Waals surface area (Å²) >= 11 is 0. The maximum absolute atomic E-state index is 13.2. The van der Waals surface area contributed by atoms with E-state index in [-0.39, 0.29) is 5.54 Å². The van der Waals surface area contributed by atoms with Gasteiger partial charge in [0.1, 0.15) is 6.17 Å². The molecule has 2 N–H and O–H groups in total. The first-order valence-corrected chi connectivity index (χ1v) is 8.91. The van der Waals surface area contributed by atoms with E-state index in [9.17, 15) is 4.39 Å². The van der Waals surface area contributed by atoms with Crippen molar-refractivity contribution in [2.75, 3.05) is 13.2 Å². The van der Waals surface area contributed by atoms with Crippen molar-refractivity contribution >= 4 is 0 Å². The zero-order valence-corrected chi connectivity index (χ0v) is 14.8. The summed E-state index contributed by atoms with van der Waals surface area (Å²) in [7, 11) is 0. The Kier molecular flexibility index (Phi) is 13.5. The maximum Gasteiger partial charge on any atom is 0.100 e. The van der Waals surface area contributed by atoms with E-state index in [0.29, 0.717) is 0 Å². The maximum atomic E-state index is 13.2. The molecule has 0 saturated heterocycles. The van der Waals surface area contributed by atoms with Gasteiger partial charge >= 0.3 is 0 Å². The summed E-state index contributed by atoms with van der Waals surface area (Å²) in [6, 6.07) is 0. The normalized spacial score (nSPS) is 17.0. The third-order valence-corrected chi connectivity index (χ3v) is 4.17. The molecule has 1 atom stereocenters. The SMILES string of the molecule is C=C.CCCC(F)CCCCCCNCNC1(C)CC=CC1. The van der Waals surface area contributed by atoms with E-state index in [1.54, 1.807) is 0 Å². The van der Waals surface area contributed by atoms with Crippen LogP contribution < -0.4 is 10.6 Å². The molecule has 1 aliphatic rings. The van der Waals surface area contributed by atoms with Crippen molar-refractivity contribution in [1.29, 1.82) is 0 Å². The minimum atomic E-state index is -0.567. The predicted octanol–water partition coefficient (Wildman–Crippen LogP) is 5.12. The van der Waals surface area contributed by atoms with E-state index in [0.717, 1.165) is 51.7 Å². The number of hydrogen-bond acceptors (Lipinski definition) is 2. The highest BCUT2D eigenvalue weighted by molar-refractivity contribution is 5.05. The summed E-state index contributed by atoms with van der Waals surface area (Å²) < 4.78 is 13.2. The Morgan fingerprint density at radius 3 is 2.36 bits per heavy atom. The fourth-order valence-corrected chi connectivity index (χ4v) is 2.71. The van der Waals surface area contributed by atoms with Crippen LogP contribution in [0.4, 0.5) is 4.39 Å². The second-order valence-electron chi connectivity index (χ2n) is 6.38. The average molecular weight is 313 g/mol. The average Bonchev–Trinajstić information content (AvgIpc) is 2.95. The van der Waals surface area contributed by atoms with Crippen molar-refractivity contribution in [2.24, 2.45) is 0 Å². The fraction of sp³-hybridized carbons (Fsp3) is 0.789. The lowest BCUT2D eigenvalue weighted by Crippen LogP contribution is -2.45. The summed E-state index contributed by atoms with van der Waals surface area (Å²) in [5.41, 5.74) is 0.266. The number of nitrogens with one attached hydrogen (secondary N) is 2. The number of unbranched alkanes of at least 4 members (excludes halogenated alkanes) is 3. The molecular formula is C19H37FN2. The van der Waals surface area contributed by atoms with Crippen LogP contribution in [0.25, 0.3) is 0 Å². The summed E-state index contributed by atoms with van der Waals surface area (Å²) in [6.45, 7) is 12.3. The van der Waals surface area contributed by atoms with Crippen LogP contribution in [0.3, 0.4) is 0 Å². The van der Waals surface area contributed by atoms with E-state index in [2.05, 4.69) is 42.9 Å². The molecule has 0 heterocycles. The van der Waals surface area contributed by atoms with E-state index in [1.807, 2.05) is 6.92 Å². The van der Waals surface area contributed by atoms with Crippen LogP contribution in [0.1, 0.15) is 71.6 Å². The van der Waals surface area contributed by atoms with Crippen LogP contribution in [0.15, 0.2) is 25.3 Å².